The van der Waals surface area contributed by atoms with Crippen molar-refractivity contribution in [3.8, 4) is 11.5 Å². The van der Waals surface area contributed by atoms with Gasteiger partial charge in [-0.25, -0.2) is 0 Å². The van der Waals surface area contributed by atoms with E-state index < -0.39 is 0 Å². The van der Waals surface area contributed by atoms with Gasteiger partial charge in [-0.3, -0.25) is 0 Å². The zero-order chi connectivity index (χ0) is 15.2. The van der Waals surface area contributed by atoms with E-state index in [2.05, 4.69) is 21.1 Å². The summed E-state index contributed by atoms with van der Waals surface area (Å²) in [5, 5.41) is 12.2. The molecule has 0 saturated carbocycles. The summed E-state index contributed by atoms with van der Waals surface area (Å²) < 4.78 is 12.1. The highest BCUT2D eigenvalue weighted by molar-refractivity contribution is 9.10. The molecule has 0 radical (unpaired) electrons. The summed E-state index contributed by atoms with van der Waals surface area (Å²) in [5.74, 6) is 1.31. The van der Waals surface area contributed by atoms with E-state index in [1.54, 1.807) is 26.2 Å². The lowest BCUT2D eigenvalue weighted by Gasteiger charge is -2.12. The first-order chi connectivity index (χ1) is 10.1. The third-order valence-corrected chi connectivity index (χ3v) is 3.56. The highest BCUT2D eigenvalue weighted by Gasteiger charge is 2.09. The Morgan fingerprint density at radius 1 is 1.19 bits per heavy atom. The van der Waals surface area contributed by atoms with Gasteiger partial charge in [0, 0.05) is 16.1 Å². The largest absolute Gasteiger partial charge is 0.497 e. The number of oxime groups is 1. The molecule has 21 heavy (non-hydrogen) atoms. The molecule has 0 aliphatic heterocycles. The Balaban J connectivity index is 2.22. The summed E-state index contributed by atoms with van der Waals surface area (Å²) in [4.78, 5) is 0. The smallest absolute Gasteiger partial charge is 0.132 e. The minimum absolute atomic E-state index is 0.423. The maximum atomic E-state index is 8.95. The predicted octanol–water partition coefficient (Wildman–Crippen LogP) is 4.23. The van der Waals surface area contributed by atoms with Crippen LogP contribution in [0.25, 0.3) is 0 Å². The molecule has 0 aromatic heterocycles. The lowest BCUT2D eigenvalue weighted by molar-refractivity contribution is 0.301. The van der Waals surface area contributed by atoms with Gasteiger partial charge in [0.25, 0.3) is 0 Å². The number of rotatable bonds is 5. The number of hydrogen-bond donors (Lipinski definition) is 1. The summed E-state index contributed by atoms with van der Waals surface area (Å²) in [6, 6.07) is 13.3. The molecule has 0 aliphatic carbocycles. The Morgan fingerprint density at radius 3 is 2.52 bits per heavy atom. The molecule has 0 unspecified atom stereocenters. The van der Waals surface area contributed by atoms with Crippen LogP contribution in [0.15, 0.2) is 52.1 Å². The second-order valence-corrected chi connectivity index (χ2v) is 5.38. The Hall–Kier alpha value is -2.01. The molecule has 0 fully saturated rings. The molecule has 5 heteroatoms. The van der Waals surface area contributed by atoms with Crippen LogP contribution in [0, 0.1) is 0 Å². The second kappa shape index (κ2) is 7.13. The molecule has 2 aromatic carbocycles. The highest BCUT2D eigenvalue weighted by atomic mass is 79.9. The van der Waals surface area contributed by atoms with Crippen molar-refractivity contribution in [3.05, 3.63) is 58.1 Å². The third-order valence-electron chi connectivity index (χ3n) is 3.04. The molecule has 0 aliphatic rings. The quantitative estimate of drug-likeness (QED) is 0.499. The normalized spacial score (nSPS) is 11.3. The van der Waals surface area contributed by atoms with Gasteiger partial charge in [-0.15, -0.1) is 0 Å². The van der Waals surface area contributed by atoms with E-state index in [1.807, 2.05) is 30.3 Å². The molecule has 0 spiro atoms. The number of ether oxygens (including phenoxy) is 2. The van der Waals surface area contributed by atoms with E-state index in [9.17, 15) is 0 Å². The van der Waals surface area contributed by atoms with E-state index in [4.69, 9.17) is 14.7 Å². The van der Waals surface area contributed by atoms with E-state index in [0.29, 0.717) is 23.8 Å². The maximum Gasteiger partial charge on any atom is 0.132 e. The van der Waals surface area contributed by atoms with Crippen LogP contribution in [-0.4, -0.2) is 18.0 Å². The zero-order valence-corrected chi connectivity index (χ0v) is 13.4. The Morgan fingerprint density at radius 2 is 1.90 bits per heavy atom. The van der Waals surface area contributed by atoms with Gasteiger partial charge >= 0.3 is 0 Å². The van der Waals surface area contributed by atoms with Crippen molar-refractivity contribution in [1.82, 2.24) is 0 Å². The summed E-state index contributed by atoms with van der Waals surface area (Å²) in [6.07, 6.45) is 0. The second-order valence-electron chi connectivity index (χ2n) is 4.46. The minimum atomic E-state index is 0.423. The van der Waals surface area contributed by atoms with Gasteiger partial charge in [0.2, 0.25) is 0 Å². The summed E-state index contributed by atoms with van der Waals surface area (Å²) in [7, 11) is 1.60. The first-order valence-electron chi connectivity index (χ1n) is 6.38. The Bertz CT molecular complexity index is 638. The zero-order valence-electron chi connectivity index (χ0n) is 11.8. The molecule has 0 atom stereocenters. The van der Waals surface area contributed by atoms with Gasteiger partial charge < -0.3 is 14.7 Å². The van der Waals surface area contributed by atoms with Crippen molar-refractivity contribution in [3.63, 3.8) is 0 Å². The SMILES string of the molecule is COc1ccc(/C(C)=N/O)c(OCc2ccc(Br)cc2)c1. The van der Waals surface area contributed by atoms with Crippen molar-refractivity contribution in [2.45, 2.75) is 13.5 Å². The van der Waals surface area contributed by atoms with Crippen LogP contribution < -0.4 is 9.47 Å². The summed E-state index contributed by atoms with van der Waals surface area (Å²) >= 11 is 3.40. The maximum absolute atomic E-state index is 8.95. The van der Waals surface area contributed by atoms with Gasteiger partial charge in [0.1, 0.15) is 18.1 Å². The van der Waals surface area contributed by atoms with Crippen molar-refractivity contribution >= 4 is 21.6 Å². The van der Waals surface area contributed by atoms with Gasteiger partial charge in [-0.1, -0.05) is 33.2 Å². The minimum Gasteiger partial charge on any atom is -0.497 e. The first kappa shape index (κ1) is 15.4. The van der Waals surface area contributed by atoms with Crippen LogP contribution in [0.4, 0.5) is 0 Å². The molecule has 0 bridgehead atoms. The molecule has 1 N–H and O–H groups in total. The lowest BCUT2D eigenvalue weighted by Crippen LogP contribution is -2.03. The number of halogens is 1. The fraction of sp³-hybridized carbons (Fsp3) is 0.188. The lowest BCUT2D eigenvalue weighted by atomic mass is 10.1. The van der Waals surface area contributed by atoms with Crippen LogP contribution in [0.5, 0.6) is 11.5 Å². The molecular formula is C16H16BrNO3. The standard InChI is InChI=1S/C16H16BrNO3/c1-11(18-19)15-8-7-14(20-2)9-16(15)21-10-12-3-5-13(17)6-4-12/h3-9,19H,10H2,1-2H3/b18-11+. The predicted molar refractivity (Wildman–Crippen MR) is 85.5 cm³/mol. The molecule has 2 rings (SSSR count). The van der Waals surface area contributed by atoms with Crippen molar-refractivity contribution in [2.75, 3.05) is 7.11 Å². The molecular weight excluding hydrogens is 334 g/mol. The summed E-state index contributed by atoms with van der Waals surface area (Å²) in [6.45, 7) is 2.14. The number of hydrogen-bond acceptors (Lipinski definition) is 4. The van der Waals surface area contributed by atoms with Gasteiger partial charge in [-0.2, -0.15) is 0 Å². The number of nitrogens with zero attached hydrogens (tertiary/aromatic N) is 1. The van der Waals surface area contributed by atoms with Crippen LogP contribution >= 0.6 is 15.9 Å². The molecule has 2 aromatic rings. The average molecular weight is 350 g/mol. The molecule has 0 heterocycles. The average Bonchev–Trinajstić information content (AvgIpc) is 2.53. The Labute approximate surface area is 132 Å². The first-order valence-corrected chi connectivity index (χ1v) is 7.17. The number of benzene rings is 2. The van der Waals surface area contributed by atoms with Gasteiger partial charge in [-0.05, 0) is 36.8 Å². The molecule has 0 amide bonds. The molecule has 110 valence electrons. The van der Waals surface area contributed by atoms with Crippen LogP contribution in [-0.2, 0) is 6.61 Å². The monoisotopic (exact) mass is 349 g/mol. The highest BCUT2D eigenvalue weighted by Crippen LogP contribution is 2.26. The van der Waals surface area contributed by atoms with Gasteiger partial charge in [0.05, 0.1) is 12.8 Å². The van der Waals surface area contributed by atoms with Gasteiger partial charge in [0.15, 0.2) is 0 Å². The summed E-state index contributed by atoms with van der Waals surface area (Å²) in [5.41, 5.74) is 2.27. The third kappa shape index (κ3) is 3.98. The number of methoxy groups -OCH3 is 1. The van der Waals surface area contributed by atoms with Crippen LogP contribution in [0.1, 0.15) is 18.1 Å². The van der Waals surface area contributed by atoms with Crippen LogP contribution in [0.2, 0.25) is 0 Å². The van der Waals surface area contributed by atoms with Crippen molar-refractivity contribution < 1.29 is 14.7 Å². The fourth-order valence-corrected chi connectivity index (χ4v) is 2.11. The molecule has 4 nitrogen and oxygen atoms in total. The Kier molecular flexibility index (Phi) is 5.22. The van der Waals surface area contributed by atoms with Crippen molar-refractivity contribution in [2.24, 2.45) is 5.16 Å². The van der Waals surface area contributed by atoms with E-state index in [1.165, 1.54) is 0 Å². The van der Waals surface area contributed by atoms with Crippen LogP contribution in [0.3, 0.4) is 0 Å². The molecule has 0 saturated heterocycles. The van der Waals surface area contributed by atoms with E-state index in [0.717, 1.165) is 15.6 Å². The fourth-order valence-electron chi connectivity index (χ4n) is 1.84. The van der Waals surface area contributed by atoms with Crippen molar-refractivity contribution in [1.29, 1.82) is 0 Å². The topological polar surface area (TPSA) is 51.0 Å². The van der Waals surface area contributed by atoms with E-state index in [-0.39, 0.29) is 0 Å². The van der Waals surface area contributed by atoms with E-state index >= 15 is 0 Å².